The van der Waals surface area contributed by atoms with E-state index in [2.05, 4.69) is 21.2 Å². The van der Waals surface area contributed by atoms with Gasteiger partial charge in [0.1, 0.15) is 0 Å². The van der Waals surface area contributed by atoms with Gasteiger partial charge >= 0.3 is 0 Å². The molecule has 0 aliphatic carbocycles. The zero-order valence-corrected chi connectivity index (χ0v) is 13.6. The third-order valence-electron chi connectivity index (χ3n) is 3.04. The van der Waals surface area contributed by atoms with E-state index < -0.39 is 0 Å². The lowest BCUT2D eigenvalue weighted by atomic mass is 10.1. The summed E-state index contributed by atoms with van der Waals surface area (Å²) in [6, 6.07) is 10.6. The van der Waals surface area contributed by atoms with Crippen LogP contribution >= 0.6 is 27.5 Å². The Kier molecular flexibility index (Phi) is 4.36. The summed E-state index contributed by atoms with van der Waals surface area (Å²) >= 11 is 9.24. The van der Waals surface area contributed by atoms with E-state index in [0.717, 1.165) is 10.0 Å². The van der Waals surface area contributed by atoms with Crippen molar-refractivity contribution < 1.29 is 14.3 Å². The quantitative estimate of drug-likeness (QED) is 0.799. The van der Waals surface area contributed by atoms with Crippen LogP contribution in [-0.4, -0.2) is 12.7 Å². The van der Waals surface area contributed by atoms with Crippen LogP contribution in [0, 0.1) is 0 Å². The van der Waals surface area contributed by atoms with E-state index in [1.54, 1.807) is 30.3 Å². The predicted molar refractivity (Wildman–Crippen MR) is 89.4 cm³/mol. The van der Waals surface area contributed by atoms with Gasteiger partial charge in [-0.15, -0.1) is 0 Å². The first-order valence-corrected chi connectivity index (χ1v) is 7.63. The fraction of sp³-hybridized carbons (Fsp3) is 0.0625. The van der Waals surface area contributed by atoms with Crippen molar-refractivity contribution in [3.8, 4) is 11.5 Å². The number of benzene rings is 2. The highest BCUT2D eigenvalue weighted by atomic mass is 79.9. The van der Waals surface area contributed by atoms with Crippen molar-refractivity contribution in [2.45, 2.75) is 0 Å². The third-order valence-corrected chi connectivity index (χ3v) is 3.98. The number of carbonyl (C=O) groups is 1. The maximum absolute atomic E-state index is 12.0. The van der Waals surface area contributed by atoms with Crippen molar-refractivity contribution in [3.63, 3.8) is 0 Å². The molecule has 3 rings (SSSR count). The van der Waals surface area contributed by atoms with Gasteiger partial charge in [-0.25, -0.2) is 0 Å². The van der Waals surface area contributed by atoms with Crippen LogP contribution in [0.25, 0.3) is 6.08 Å². The Hall–Kier alpha value is -1.98. The molecule has 1 amide bonds. The topological polar surface area (TPSA) is 47.6 Å². The Morgan fingerprint density at radius 3 is 2.73 bits per heavy atom. The van der Waals surface area contributed by atoms with E-state index in [9.17, 15) is 4.79 Å². The fourth-order valence-corrected chi connectivity index (χ4v) is 2.57. The molecule has 2 aromatic rings. The lowest BCUT2D eigenvalue weighted by Crippen LogP contribution is -2.07. The Morgan fingerprint density at radius 1 is 1.18 bits per heavy atom. The molecule has 1 heterocycles. The molecule has 0 fully saturated rings. The van der Waals surface area contributed by atoms with E-state index in [-0.39, 0.29) is 12.7 Å². The number of nitrogens with one attached hydrogen (secondary N) is 1. The molecule has 0 unspecified atom stereocenters. The molecule has 112 valence electrons. The molecule has 4 nitrogen and oxygen atoms in total. The van der Waals surface area contributed by atoms with Gasteiger partial charge in [0.2, 0.25) is 12.7 Å². The zero-order valence-electron chi connectivity index (χ0n) is 11.3. The minimum atomic E-state index is -0.245. The normalized spacial score (nSPS) is 12.6. The summed E-state index contributed by atoms with van der Waals surface area (Å²) in [6.45, 7) is 0.184. The highest BCUT2D eigenvalue weighted by Gasteiger charge is 2.18. The SMILES string of the molecule is O=C(/C=C/c1c(Br)ccc2c1OCO2)Nc1ccc(Cl)cc1. The standard InChI is InChI=1S/C16H11BrClNO3/c17-13-6-7-14-16(22-9-21-14)12(13)5-8-15(20)19-11-3-1-10(18)2-4-11/h1-8H,9H2,(H,19,20)/b8-5+. The lowest BCUT2D eigenvalue weighted by molar-refractivity contribution is -0.111. The number of fused-ring (bicyclic) bond motifs is 1. The number of ether oxygens (including phenoxy) is 2. The van der Waals surface area contributed by atoms with Gasteiger partial charge in [-0.3, -0.25) is 4.79 Å². The highest BCUT2D eigenvalue weighted by Crippen LogP contribution is 2.40. The molecule has 1 aliphatic heterocycles. The molecule has 0 bridgehead atoms. The van der Waals surface area contributed by atoms with Crippen molar-refractivity contribution in [2.24, 2.45) is 0 Å². The smallest absolute Gasteiger partial charge is 0.248 e. The molecule has 0 spiro atoms. The summed E-state index contributed by atoms with van der Waals surface area (Å²) < 4.78 is 11.6. The van der Waals surface area contributed by atoms with Gasteiger partial charge in [0.25, 0.3) is 0 Å². The van der Waals surface area contributed by atoms with Crippen molar-refractivity contribution in [3.05, 3.63) is 57.5 Å². The summed E-state index contributed by atoms with van der Waals surface area (Å²) in [4.78, 5) is 12.0. The Labute approximate surface area is 140 Å². The van der Waals surface area contributed by atoms with Crippen LogP contribution in [0.3, 0.4) is 0 Å². The predicted octanol–water partition coefficient (Wildman–Crippen LogP) is 4.48. The van der Waals surface area contributed by atoms with E-state index in [0.29, 0.717) is 22.2 Å². The Morgan fingerprint density at radius 2 is 1.95 bits per heavy atom. The average Bonchev–Trinajstić information content (AvgIpc) is 2.97. The number of anilines is 1. The van der Waals surface area contributed by atoms with Crippen LogP contribution < -0.4 is 14.8 Å². The van der Waals surface area contributed by atoms with Gasteiger partial charge in [-0.2, -0.15) is 0 Å². The minimum absolute atomic E-state index is 0.184. The first-order valence-electron chi connectivity index (χ1n) is 6.46. The first-order chi connectivity index (χ1) is 10.6. The van der Waals surface area contributed by atoms with Gasteiger partial charge in [-0.1, -0.05) is 27.5 Å². The maximum Gasteiger partial charge on any atom is 0.248 e. The molecule has 22 heavy (non-hydrogen) atoms. The van der Waals surface area contributed by atoms with E-state index in [1.165, 1.54) is 6.08 Å². The number of carbonyl (C=O) groups excluding carboxylic acids is 1. The molecular formula is C16H11BrClNO3. The first kappa shape index (κ1) is 14.9. The molecule has 6 heteroatoms. The van der Waals surface area contributed by atoms with Crippen molar-refractivity contribution in [1.29, 1.82) is 0 Å². The van der Waals surface area contributed by atoms with Crippen molar-refractivity contribution in [1.82, 2.24) is 0 Å². The van der Waals surface area contributed by atoms with Gasteiger partial charge in [0, 0.05) is 26.8 Å². The number of amides is 1. The summed E-state index contributed by atoms with van der Waals surface area (Å²) in [5, 5.41) is 3.37. The second-order valence-corrected chi connectivity index (χ2v) is 5.82. The van der Waals surface area contributed by atoms with Crippen molar-refractivity contribution >= 4 is 45.2 Å². The van der Waals surface area contributed by atoms with E-state index >= 15 is 0 Å². The van der Waals surface area contributed by atoms with Crippen LogP contribution in [0.1, 0.15) is 5.56 Å². The molecule has 2 aromatic carbocycles. The molecule has 0 saturated heterocycles. The number of hydrogen-bond acceptors (Lipinski definition) is 3. The Balaban J connectivity index is 1.75. The molecular weight excluding hydrogens is 370 g/mol. The minimum Gasteiger partial charge on any atom is -0.454 e. The molecule has 0 saturated carbocycles. The van der Waals surface area contributed by atoms with Crippen LogP contribution in [0.2, 0.25) is 5.02 Å². The van der Waals surface area contributed by atoms with Gasteiger partial charge in [-0.05, 0) is 42.5 Å². The number of hydrogen-bond donors (Lipinski definition) is 1. The van der Waals surface area contributed by atoms with Gasteiger partial charge in [0.15, 0.2) is 11.5 Å². The second-order valence-electron chi connectivity index (χ2n) is 4.52. The Bertz CT molecular complexity index is 744. The van der Waals surface area contributed by atoms with Crippen LogP contribution in [0.15, 0.2) is 46.9 Å². The summed E-state index contributed by atoms with van der Waals surface area (Å²) in [6.07, 6.45) is 3.12. The lowest BCUT2D eigenvalue weighted by Gasteiger charge is -2.04. The maximum atomic E-state index is 12.0. The average molecular weight is 381 g/mol. The van der Waals surface area contributed by atoms with Gasteiger partial charge in [0.05, 0.1) is 0 Å². The molecule has 1 aliphatic rings. The zero-order chi connectivity index (χ0) is 15.5. The van der Waals surface area contributed by atoms with E-state index in [1.807, 2.05) is 12.1 Å². The van der Waals surface area contributed by atoms with Crippen LogP contribution in [-0.2, 0) is 4.79 Å². The second kappa shape index (κ2) is 6.42. The molecule has 0 aromatic heterocycles. The summed E-state index contributed by atoms with van der Waals surface area (Å²) in [5.41, 5.74) is 1.44. The van der Waals surface area contributed by atoms with Crippen LogP contribution in [0.5, 0.6) is 11.5 Å². The van der Waals surface area contributed by atoms with Crippen LogP contribution in [0.4, 0.5) is 5.69 Å². The third kappa shape index (κ3) is 3.26. The molecule has 0 radical (unpaired) electrons. The monoisotopic (exact) mass is 379 g/mol. The van der Waals surface area contributed by atoms with E-state index in [4.69, 9.17) is 21.1 Å². The molecule has 1 N–H and O–H groups in total. The summed E-state index contributed by atoms with van der Waals surface area (Å²) in [5.74, 6) is 1.05. The van der Waals surface area contributed by atoms with Gasteiger partial charge < -0.3 is 14.8 Å². The summed E-state index contributed by atoms with van der Waals surface area (Å²) in [7, 11) is 0. The number of halogens is 2. The highest BCUT2D eigenvalue weighted by molar-refractivity contribution is 9.10. The molecule has 0 atom stereocenters. The largest absolute Gasteiger partial charge is 0.454 e. The number of rotatable bonds is 3. The fourth-order valence-electron chi connectivity index (χ4n) is 2.00. The van der Waals surface area contributed by atoms with Crippen molar-refractivity contribution in [2.75, 3.05) is 12.1 Å².